The maximum Gasteiger partial charge on any atom is 0.360 e. The zero-order valence-electron chi connectivity index (χ0n) is 9.10. The fourth-order valence-corrected chi connectivity index (χ4v) is 1.49. The Morgan fingerprint density at radius 1 is 1.35 bits per heavy atom. The average Bonchev–Trinajstić information content (AvgIpc) is 2.30. The molecule has 5 heteroatoms. The Morgan fingerprint density at radius 3 is 2.88 bits per heavy atom. The monoisotopic (exact) mass is 232 g/mol. The second-order valence-corrected chi connectivity index (χ2v) is 3.57. The van der Waals surface area contributed by atoms with Gasteiger partial charge < -0.3 is 15.5 Å². The third-order valence-corrected chi connectivity index (χ3v) is 2.29. The lowest BCUT2D eigenvalue weighted by molar-refractivity contribution is -0.116. The summed E-state index contributed by atoms with van der Waals surface area (Å²) in [5.41, 5.74) is 5.32. The number of para-hydroxylation sites is 1. The van der Waals surface area contributed by atoms with Gasteiger partial charge in [-0.15, -0.1) is 0 Å². The topological polar surface area (TPSA) is 85.3 Å². The number of nitrogens with two attached hydrogens (primary N) is 1. The fraction of sp³-hybridized carbons (Fsp3) is 0.167. The van der Waals surface area contributed by atoms with Crippen LogP contribution in [0.3, 0.4) is 0 Å². The summed E-state index contributed by atoms with van der Waals surface area (Å²) in [5.74, 6) is -0.296. The van der Waals surface area contributed by atoms with Crippen molar-refractivity contribution >= 4 is 22.6 Å². The van der Waals surface area contributed by atoms with Gasteiger partial charge in [0.05, 0.1) is 0 Å². The minimum Gasteiger partial charge on any atom is -0.421 e. The Labute approximate surface area is 97.2 Å². The second-order valence-electron chi connectivity index (χ2n) is 3.57. The van der Waals surface area contributed by atoms with Gasteiger partial charge in [0.15, 0.2) is 0 Å². The number of hydrogen-bond acceptors (Lipinski definition) is 4. The third kappa shape index (κ3) is 2.51. The zero-order chi connectivity index (χ0) is 12.3. The number of amides is 1. The first-order chi connectivity index (χ1) is 8.20. The number of fused-ring (bicyclic) bond motifs is 1. The largest absolute Gasteiger partial charge is 0.421 e. The molecule has 0 bridgehead atoms. The molecule has 0 aliphatic carbocycles. The summed E-state index contributed by atoms with van der Waals surface area (Å²) >= 11 is 0. The molecule has 1 aromatic heterocycles. The normalized spacial score (nSPS) is 10.4. The summed E-state index contributed by atoms with van der Waals surface area (Å²) < 4.78 is 5.07. The van der Waals surface area contributed by atoms with Crippen molar-refractivity contribution in [3.05, 3.63) is 40.8 Å². The molecule has 0 saturated heterocycles. The van der Waals surface area contributed by atoms with Gasteiger partial charge in [0.1, 0.15) is 11.3 Å². The van der Waals surface area contributed by atoms with Crippen molar-refractivity contribution in [3.63, 3.8) is 0 Å². The standard InChI is InChI=1S/C12H12N2O3/c13-6-5-11(15)14-9-7-8-3-1-2-4-10(8)17-12(9)16/h1-4,7H,5-6,13H2,(H,14,15). The maximum absolute atomic E-state index is 11.6. The molecule has 0 spiro atoms. The first-order valence-electron chi connectivity index (χ1n) is 5.23. The van der Waals surface area contributed by atoms with Gasteiger partial charge in [-0.05, 0) is 12.1 Å². The van der Waals surface area contributed by atoms with Gasteiger partial charge in [0, 0.05) is 18.4 Å². The van der Waals surface area contributed by atoms with Gasteiger partial charge in [-0.3, -0.25) is 4.79 Å². The molecule has 1 aromatic carbocycles. The number of rotatable bonds is 3. The lowest BCUT2D eigenvalue weighted by Gasteiger charge is -2.03. The van der Waals surface area contributed by atoms with Crippen LogP contribution in [0.15, 0.2) is 39.5 Å². The summed E-state index contributed by atoms with van der Waals surface area (Å²) in [5, 5.41) is 3.24. The highest BCUT2D eigenvalue weighted by atomic mass is 16.4. The van der Waals surface area contributed by atoms with Crippen molar-refractivity contribution in [2.45, 2.75) is 6.42 Å². The minimum absolute atomic E-state index is 0.141. The van der Waals surface area contributed by atoms with Gasteiger partial charge in [0.25, 0.3) is 0 Å². The van der Waals surface area contributed by atoms with Gasteiger partial charge in [0.2, 0.25) is 5.91 Å². The highest BCUT2D eigenvalue weighted by Crippen LogP contribution is 2.14. The van der Waals surface area contributed by atoms with E-state index in [1.54, 1.807) is 24.3 Å². The van der Waals surface area contributed by atoms with Crippen molar-refractivity contribution in [1.29, 1.82) is 0 Å². The molecule has 0 aliphatic heterocycles. The smallest absolute Gasteiger partial charge is 0.360 e. The van der Waals surface area contributed by atoms with Gasteiger partial charge in [-0.25, -0.2) is 4.79 Å². The molecule has 0 radical (unpaired) electrons. The average molecular weight is 232 g/mol. The van der Waals surface area contributed by atoms with E-state index in [4.69, 9.17) is 10.2 Å². The Balaban J connectivity index is 2.37. The molecule has 0 fully saturated rings. The van der Waals surface area contributed by atoms with E-state index in [0.717, 1.165) is 5.39 Å². The van der Waals surface area contributed by atoms with Gasteiger partial charge in [-0.1, -0.05) is 18.2 Å². The van der Waals surface area contributed by atoms with Crippen molar-refractivity contribution in [2.75, 3.05) is 11.9 Å². The van der Waals surface area contributed by atoms with E-state index in [0.29, 0.717) is 5.58 Å². The fourth-order valence-electron chi connectivity index (χ4n) is 1.49. The van der Waals surface area contributed by atoms with Crippen LogP contribution in [-0.4, -0.2) is 12.5 Å². The van der Waals surface area contributed by atoms with Crippen LogP contribution in [0.1, 0.15) is 6.42 Å². The van der Waals surface area contributed by atoms with E-state index in [-0.39, 0.29) is 24.6 Å². The Kier molecular flexibility index (Phi) is 3.20. The summed E-state index contributed by atoms with van der Waals surface area (Å²) in [6.07, 6.45) is 0.173. The van der Waals surface area contributed by atoms with E-state index < -0.39 is 5.63 Å². The van der Waals surface area contributed by atoms with Crippen molar-refractivity contribution in [1.82, 2.24) is 0 Å². The first-order valence-corrected chi connectivity index (χ1v) is 5.23. The molecule has 3 N–H and O–H groups in total. The summed E-state index contributed by atoms with van der Waals surface area (Å²) in [6.45, 7) is 0.241. The number of benzene rings is 1. The second kappa shape index (κ2) is 4.80. The molecule has 88 valence electrons. The van der Waals surface area contributed by atoms with Crippen molar-refractivity contribution in [2.24, 2.45) is 5.73 Å². The molecule has 2 aromatic rings. The lowest BCUT2D eigenvalue weighted by Crippen LogP contribution is -2.20. The first kappa shape index (κ1) is 11.3. The Morgan fingerprint density at radius 2 is 2.12 bits per heavy atom. The number of nitrogens with one attached hydrogen (secondary N) is 1. The van der Waals surface area contributed by atoms with E-state index in [2.05, 4.69) is 5.32 Å². The van der Waals surface area contributed by atoms with Crippen molar-refractivity contribution < 1.29 is 9.21 Å². The van der Waals surface area contributed by atoms with Crippen LogP contribution in [0.5, 0.6) is 0 Å². The molecule has 17 heavy (non-hydrogen) atoms. The van der Waals surface area contributed by atoms with Crippen molar-refractivity contribution in [3.8, 4) is 0 Å². The number of carbonyl (C=O) groups is 1. The van der Waals surface area contributed by atoms with Gasteiger partial charge >= 0.3 is 5.63 Å². The van der Waals surface area contributed by atoms with Crippen LogP contribution < -0.4 is 16.7 Å². The van der Waals surface area contributed by atoms with E-state index in [1.807, 2.05) is 6.07 Å². The molecular formula is C12H12N2O3. The van der Waals surface area contributed by atoms with E-state index in [9.17, 15) is 9.59 Å². The Bertz CT molecular complexity index is 604. The number of anilines is 1. The molecule has 0 saturated carbocycles. The highest BCUT2D eigenvalue weighted by Gasteiger charge is 2.07. The molecule has 2 rings (SSSR count). The van der Waals surface area contributed by atoms with Crippen LogP contribution in [0.2, 0.25) is 0 Å². The number of hydrogen-bond donors (Lipinski definition) is 2. The third-order valence-electron chi connectivity index (χ3n) is 2.29. The molecule has 0 aliphatic rings. The molecule has 0 unspecified atom stereocenters. The predicted molar refractivity (Wildman–Crippen MR) is 64.8 cm³/mol. The quantitative estimate of drug-likeness (QED) is 0.775. The van der Waals surface area contributed by atoms with Crippen LogP contribution in [0, 0.1) is 0 Å². The van der Waals surface area contributed by atoms with Crippen LogP contribution >= 0.6 is 0 Å². The van der Waals surface area contributed by atoms with E-state index in [1.165, 1.54) is 0 Å². The summed E-state index contributed by atoms with van der Waals surface area (Å²) in [6, 6.07) is 8.69. The van der Waals surface area contributed by atoms with Crippen LogP contribution in [-0.2, 0) is 4.79 Å². The maximum atomic E-state index is 11.6. The molecular weight excluding hydrogens is 220 g/mol. The lowest BCUT2D eigenvalue weighted by atomic mass is 10.2. The van der Waals surface area contributed by atoms with E-state index >= 15 is 0 Å². The Hall–Kier alpha value is -2.14. The van der Waals surface area contributed by atoms with Crippen LogP contribution in [0.25, 0.3) is 11.0 Å². The molecule has 5 nitrogen and oxygen atoms in total. The molecule has 1 amide bonds. The minimum atomic E-state index is -0.561. The summed E-state index contributed by atoms with van der Waals surface area (Å²) in [7, 11) is 0. The number of carbonyl (C=O) groups excluding carboxylic acids is 1. The van der Waals surface area contributed by atoms with Gasteiger partial charge in [-0.2, -0.15) is 0 Å². The summed E-state index contributed by atoms with van der Waals surface area (Å²) in [4.78, 5) is 22.9. The predicted octanol–water partition coefficient (Wildman–Crippen LogP) is 1.08. The van der Waals surface area contributed by atoms with Crippen LogP contribution in [0.4, 0.5) is 5.69 Å². The SMILES string of the molecule is NCCC(=O)Nc1cc2ccccc2oc1=O. The molecule has 1 heterocycles. The highest BCUT2D eigenvalue weighted by molar-refractivity contribution is 5.92. The molecule has 0 atom stereocenters. The zero-order valence-corrected chi connectivity index (χ0v) is 9.10.